The lowest BCUT2D eigenvalue weighted by molar-refractivity contribution is -0.120. The molecule has 152 valence electrons. The molecule has 0 radical (unpaired) electrons. The molecule has 0 spiro atoms. The van der Waals surface area contributed by atoms with Gasteiger partial charge in [-0.25, -0.2) is 9.58 Å². The Balaban J connectivity index is 1.77. The highest BCUT2D eigenvalue weighted by Gasteiger charge is 2.42. The molecule has 1 aliphatic heterocycles. The molecular weight excluding hydrogens is 427 g/mol. The average molecular weight is 443 g/mol. The Kier molecular flexibility index (Phi) is 5.01. The van der Waals surface area contributed by atoms with E-state index in [1.165, 1.54) is 4.68 Å². The van der Waals surface area contributed by atoms with E-state index in [2.05, 4.69) is 5.32 Å². The van der Waals surface area contributed by atoms with Crippen molar-refractivity contribution in [3.63, 3.8) is 0 Å². The van der Waals surface area contributed by atoms with Gasteiger partial charge in [0.15, 0.2) is 0 Å². The zero-order valence-corrected chi connectivity index (χ0v) is 17.5. The maximum atomic E-state index is 13.2. The molecule has 30 heavy (non-hydrogen) atoms. The van der Waals surface area contributed by atoms with Crippen molar-refractivity contribution < 1.29 is 9.59 Å². The smallest absolute Gasteiger partial charge is 0.296 e. The van der Waals surface area contributed by atoms with Crippen LogP contribution in [0.1, 0.15) is 5.69 Å². The van der Waals surface area contributed by atoms with E-state index in [1.54, 1.807) is 67.2 Å². The summed E-state index contributed by atoms with van der Waals surface area (Å²) in [4.78, 5) is 39.9. The summed E-state index contributed by atoms with van der Waals surface area (Å²) in [6, 6.07) is 15.6. The molecule has 9 heteroatoms. The minimum absolute atomic E-state index is 0.0441. The molecule has 7 nitrogen and oxygen atoms in total. The monoisotopic (exact) mass is 442 g/mol. The molecule has 1 aliphatic rings. The topological polar surface area (TPSA) is 76.3 Å². The van der Waals surface area contributed by atoms with Crippen molar-refractivity contribution in [2.45, 2.75) is 6.92 Å². The number of carbonyl (C=O) groups is 2. The number of halogens is 2. The van der Waals surface area contributed by atoms with Crippen LogP contribution in [-0.2, 0) is 16.6 Å². The van der Waals surface area contributed by atoms with Crippen molar-refractivity contribution in [3.05, 3.63) is 86.4 Å². The second-order valence-corrected chi connectivity index (χ2v) is 7.49. The third-order valence-corrected chi connectivity index (χ3v) is 5.45. The van der Waals surface area contributed by atoms with Gasteiger partial charge in [-0.3, -0.25) is 19.1 Å². The van der Waals surface area contributed by atoms with Gasteiger partial charge in [0.05, 0.1) is 11.4 Å². The predicted octanol–water partition coefficient (Wildman–Crippen LogP) is 3.57. The molecule has 2 aromatic carbocycles. The number of rotatable bonds is 4. The summed E-state index contributed by atoms with van der Waals surface area (Å²) in [5.74, 6) is -1.48. The molecule has 2 heterocycles. The summed E-state index contributed by atoms with van der Waals surface area (Å²) in [6.45, 7) is 1.66. The lowest BCUT2D eigenvalue weighted by Gasteiger charge is -2.13. The minimum atomic E-state index is -0.766. The van der Waals surface area contributed by atoms with E-state index < -0.39 is 17.4 Å². The summed E-state index contributed by atoms with van der Waals surface area (Å²) in [7, 11) is 1.68. The van der Waals surface area contributed by atoms with Crippen LogP contribution in [0.2, 0.25) is 5.02 Å². The maximum absolute atomic E-state index is 13.2. The number of nitrogens with one attached hydrogen (secondary N) is 1. The highest BCUT2D eigenvalue weighted by atomic mass is 35.5. The molecule has 0 atom stereocenters. The number of nitrogens with zero attached hydrogens (tertiary/aromatic N) is 3. The van der Waals surface area contributed by atoms with Crippen molar-refractivity contribution in [2.75, 3.05) is 10.2 Å². The van der Waals surface area contributed by atoms with Crippen LogP contribution in [-0.4, -0.2) is 21.2 Å². The molecule has 0 bridgehead atoms. The van der Waals surface area contributed by atoms with Crippen molar-refractivity contribution in [1.29, 1.82) is 0 Å². The molecular formula is C21H16Cl2N4O3. The van der Waals surface area contributed by atoms with E-state index in [0.717, 1.165) is 4.90 Å². The molecule has 4 rings (SSSR count). The Labute approximate surface area is 181 Å². The number of imide groups is 1. The fraction of sp³-hybridized carbons (Fsp3) is 0.0952. The minimum Gasteiger partial charge on any atom is -0.350 e. The van der Waals surface area contributed by atoms with Gasteiger partial charge in [-0.2, -0.15) is 0 Å². The van der Waals surface area contributed by atoms with E-state index in [0.29, 0.717) is 22.1 Å². The van der Waals surface area contributed by atoms with Crippen LogP contribution < -0.4 is 15.8 Å². The average Bonchev–Trinajstić information content (AvgIpc) is 3.06. The normalized spacial score (nSPS) is 14.1. The van der Waals surface area contributed by atoms with Gasteiger partial charge >= 0.3 is 0 Å². The number of hydrogen-bond acceptors (Lipinski definition) is 4. The first-order valence-corrected chi connectivity index (χ1v) is 9.72. The van der Waals surface area contributed by atoms with Crippen LogP contribution in [0.4, 0.5) is 11.4 Å². The van der Waals surface area contributed by atoms with Crippen molar-refractivity contribution in [3.8, 4) is 5.69 Å². The lowest BCUT2D eigenvalue weighted by atomic mass is 10.3. The van der Waals surface area contributed by atoms with E-state index in [-0.39, 0.29) is 16.4 Å². The van der Waals surface area contributed by atoms with Crippen LogP contribution in [0.3, 0.4) is 0 Å². The molecule has 3 aromatic rings. The zero-order chi connectivity index (χ0) is 21.6. The van der Waals surface area contributed by atoms with E-state index in [4.69, 9.17) is 23.2 Å². The number of carbonyl (C=O) groups excluding carboxylic acids is 2. The van der Waals surface area contributed by atoms with Crippen LogP contribution in [0, 0.1) is 6.92 Å². The van der Waals surface area contributed by atoms with Gasteiger partial charge in [0.1, 0.15) is 16.4 Å². The first-order chi connectivity index (χ1) is 14.3. The first-order valence-electron chi connectivity index (χ1n) is 8.96. The molecule has 0 saturated carbocycles. The number of para-hydroxylation sites is 1. The number of hydrogen-bond donors (Lipinski definition) is 1. The molecule has 0 fully saturated rings. The molecule has 0 unspecified atom stereocenters. The quantitative estimate of drug-likeness (QED) is 0.626. The van der Waals surface area contributed by atoms with Crippen LogP contribution in [0.15, 0.2) is 70.1 Å². The van der Waals surface area contributed by atoms with Gasteiger partial charge in [0, 0.05) is 17.8 Å². The molecule has 0 saturated heterocycles. The molecule has 1 N–H and O–H groups in total. The number of aromatic nitrogens is 2. The summed E-state index contributed by atoms with van der Waals surface area (Å²) < 4.78 is 2.98. The summed E-state index contributed by atoms with van der Waals surface area (Å²) in [5.41, 5.74) is 0.880. The summed E-state index contributed by atoms with van der Waals surface area (Å²) in [5, 5.41) is 3.00. The second-order valence-electron chi connectivity index (χ2n) is 6.68. The number of amides is 2. The lowest BCUT2D eigenvalue weighted by Crippen LogP contribution is -2.36. The third-order valence-electron chi connectivity index (χ3n) is 4.87. The Morgan fingerprint density at radius 1 is 0.900 bits per heavy atom. The van der Waals surface area contributed by atoms with Gasteiger partial charge in [0.25, 0.3) is 17.4 Å². The first kappa shape index (κ1) is 20.0. The van der Waals surface area contributed by atoms with Crippen molar-refractivity contribution >= 4 is 46.4 Å². The molecule has 1 aromatic heterocycles. The van der Waals surface area contributed by atoms with Gasteiger partial charge in [0.2, 0.25) is 0 Å². The molecule has 0 aliphatic carbocycles. The fourth-order valence-corrected chi connectivity index (χ4v) is 3.74. The predicted molar refractivity (Wildman–Crippen MR) is 116 cm³/mol. The van der Waals surface area contributed by atoms with Gasteiger partial charge in [-0.1, -0.05) is 47.5 Å². The second kappa shape index (κ2) is 7.51. The number of anilines is 2. The largest absolute Gasteiger partial charge is 0.350 e. The van der Waals surface area contributed by atoms with Crippen LogP contribution in [0.25, 0.3) is 5.69 Å². The summed E-state index contributed by atoms with van der Waals surface area (Å²) >= 11 is 12.2. The van der Waals surface area contributed by atoms with Crippen LogP contribution >= 0.6 is 23.2 Å². The van der Waals surface area contributed by atoms with Gasteiger partial charge in [-0.15, -0.1) is 0 Å². The van der Waals surface area contributed by atoms with Crippen molar-refractivity contribution in [1.82, 2.24) is 9.36 Å². The van der Waals surface area contributed by atoms with Crippen molar-refractivity contribution in [2.24, 2.45) is 7.05 Å². The Morgan fingerprint density at radius 3 is 2.27 bits per heavy atom. The zero-order valence-electron chi connectivity index (χ0n) is 16.0. The Bertz CT molecular complexity index is 1280. The third kappa shape index (κ3) is 3.12. The van der Waals surface area contributed by atoms with Gasteiger partial charge < -0.3 is 5.32 Å². The SMILES string of the molecule is Cc1c(N2C(=O)C(Cl)=C(Nc3cccc(Cl)c3)C2=O)c(=O)n(-c2ccccc2)n1C. The summed E-state index contributed by atoms with van der Waals surface area (Å²) in [6.07, 6.45) is 0. The number of benzene rings is 2. The van der Waals surface area contributed by atoms with E-state index in [9.17, 15) is 14.4 Å². The van der Waals surface area contributed by atoms with Gasteiger partial charge in [-0.05, 0) is 37.3 Å². The fourth-order valence-electron chi connectivity index (χ4n) is 3.34. The highest BCUT2D eigenvalue weighted by Crippen LogP contribution is 2.31. The highest BCUT2D eigenvalue weighted by molar-refractivity contribution is 6.53. The standard InChI is InChI=1S/C21H16Cl2N4O3/c1-12-18(21(30)27(25(12)2)15-9-4-3-5-10-15)26-19(28)16(23)17(20(26)29)24-14-8-6-7-13(22)11-14/h3-11,24H,1-2H3. The van der Waals surface area contributed by atoms with E-state index >= 15 is 0 Å². The Morgan fingerprint density at radius 2 is 1.60 bits per heavy atom. The maximum Gasteiger partial charge on any atom is 0.296 e. The van der Waals surface area contributed by atoms with E-state index in [1.807, 2.05) is 6.07 Å². The van der Waals surface area contributed by atoms with Crippen LogP contribution in [0.5, 0.6) is 0 Å². The molecule has 2 amide bonds. The Hall–Kier alpha value is -3.29.